The fourth-order valence-corrected chi connectivity index (χ4v) is 3.56. The van der Waals surface area contributed by atoms with Gasteiger partial charge in [0.1, 0.15) is 0 Å². The summed E-state index contributed by atoms with van der Waals surface area (Å²) in [6.45, 7) is 15.5. The first-order chi connectivity index (χ1) is 11.4. The van der Waals surface area contributed by atoms with Crippen LogP contribution in [-0.2, 0) is 0 Å². The summed E-state index contributed by atoms with van der Waals surface area (Å²) in [6, 6.07) is 12.9. The average molecular weight is 359 g/mol. The molecule has 2 aromatic carbocycles. The van der Waals surface area contributed by atoms with Gasteiger partial charge in [-0.3, -0.25) is 0 Å². The number of benzene rings is 2. The number of fused-ring (bicyclic) bond motifs is 1. The minimum atomic E-state index is 0. The monoisotopic (exact) mass is 358 g/mol. The van der Waals surface area contributed by atoms with Gasteiger partial charge in [0.15, 0.2) is 0 Å². The second kappa shape index (κ2) is 13.0. The van der Waals surface area contributed by atoms with Crippen LogP contribution < -0.4 is 0 Å². The predicted octanol–water partition coefficient (Wildman–Crippen LogP) is 9.37. The Hall–Kier alpha value is -1.30. The molecule has 1 aliphatic rings. The molecule has 0 nitrogen and oxygen atoms in total. The lowest BCUT2D eigenvalue weighted by Crippen LogP contribution is -2.22. The minimum absolute atomic E-state index is 0. The van der Waals surface area contributed by atoms with Gasteiger partial charge in [0.25, 0.3) is 0 Å². The first-order valence-corrected chi connectivity index (χ1v) is 9.90. The van der Waals surface area contributed by atoms with Crippen molar-refractivity contribution in [3.63, 3.8) is 0 Å². The molecule has 150 valence electrons. The van der Waals surface area contributed by atoms with Crippen molar-refractivity contribution in [2.45, 2.75) is 95.4 Å². The SMILES string of the molecule is C.C.CC.CCC1(C)CCC(C)CC1.Cc1cccc2cccc(C)c12. The maximum Gasteiger partial charge on any atom is -0.0125 e. The second-order valence-electron chi connectivity index (χ2n) is 7.59. The molecule has 0 amide bonds. The molecule has 0 radical (unpaired) electrons. The van der Waals surface area contributed by atoms with Gasteiger partial charge >= 0.3 is 0 Å². The summed E-state index contributed by atoms with van der Waals surface area (Å²) >= 11 is 0. The standard InChI is InChI=1S/C12H12.C10H20.C2H6.2CH4/c1-9-5-3-7-11-8-4-6-10(2)12(9)11;1-4-10(3)7-5-9(2)6-8-10;1-2;;/h3-8H,1-2H3;9H,4-8H2,1-3H3;1-2H3;2*1H4. The zero-order valence-electron chi connectivity index (χ0n) is 17.1. The van der Waals surface area contributed by atoms with Crippen LogP contribution in [0.2, 0.25) is 0 Å². The average Bonchev–Trinajstić information content (AvgIpc) is 2.60. The van der Waals surface area contributed by atoms with E-state index in [1.807, 2.05) is 13.8 Å². The van der Waals surface area contributed by atoms with Crippen LogP contribution >= 0.6 is 0 Å². The van der Waals surface area contributed by atoms with Crippen LogP contribution in [0.15, 0.2) is 36.4 Å². The number of rotatable bonds is 1. The zero-order chi connectivity index (χ0) is 18.2. The normalized spacial score (nSPS) is 21.1. The molecule has 2 aromatic rings. The number of hydrogen-bond donors (Lipinski definition) is 0. The summed E-state index contributed by atoms with van der Waals surface area (Å²) in [5.41, 5.74) is 3.43. The third-order valence-corrected chi connectivity index (χ3v) is 5.66. The van der Waals surface area contributed by atoms with Crippen molar-refractivity contribution in [1.82, 2.24) is 0 Å². The van der Waals surface area contributed by atoms with E-state index in [2.05, 4.69) is 71.0 Å². The third-order valence-electron chi connectivity index (χ3n) is 5.66. The molecule has 1 aliphatic carbocycles. The Labute approximate surface area is 165 Å². The molecule has 0 unspecified atom stereocenters. The smallest absolute Gasteiger partial charge is 0.0125 e. The van der Waals surface area contributed by atoms with Crippen LogP contribution in [0.1, 0.15) is 92.7 Å². The van der Waals surface area contributed by atoms with Crippen LogP contribution in [-0.4, -0.2) is 0 Å². The van der Waals surface area contributed by atoms with Crippen molar-refractivity contribution < 1.29 is 0 Å². The maximum atomic E-state index is 2.44. The number of aryl methyl sites for hydroxylation is 2. The largest absolute Gasteiger partial charge is 0.0776 e. The summed E-state index contributed by atoms with van der Waals surface area (Å²) in [5.74, 6) is 1.000. The van der Waals surface area contributed by atoms with Crippen molar-refractivity contribution in [1.29, 1.82) is 0 Å². The molecule has 0 saturated heterocycles. The van der Waals surface area contributed by atoms with Gasteiger partial charge < -0.3 is 0 Å². The molecule has 0 atom stereocenters. The zero-order valence-corrected chi connectivity index (χ0v) is 17.1. The van der Waals surface area contributed by atoms with E-state index in [1.54, 1.807) is 0 Å². The second-order valence-corrected chi connectivity index (χ2v) is 7.59. The topological polar surface area (TPSA) is 0 Å². The molecule has 0 N–H and O–H groups in total. The molecule has 0 aliphatic heterocycles. The van der Waals surface area contributed by atoms with Crippen LogP contribution in [0.4, 0.5) is 0 Å². The Bertz CT molecular complexity index is 564. The Balaban J connectivity index is 0. The highest BCUT2D eigenvalue weighted by Gasteiger charge is 2.27. The molecule has 26 heavy (non-hydrogen) atoms. The summed E-state index contributed by atoms with van der Waals surface area (Å²) in [6.07, 6.45) is 7.23. The van der Waals surface area contributed by atoms with Gasteiger partial charge in [0.2, 0.25) is 0 Å². The third kappa shape index (κ3) is 7.52. The lowest BCUT2D eigenvalue weighted by atomic mass is 9.71. The highest BCUT2D eigenvalue weighted by molar-refractivity contribution is 5.88. The van der Waals surface area contributed by atoms with Gasteiger partial charge in [-0.25, -0.2) is 0 Å². The van der Waals surface area contributed by atoms with Crippen LogP contribution in [0.25, 0.3) is 10.8 Å². The fraction of sp³-hybridized carbons (Fsp3) is 0.615. The van der Waals surface area contributed by atoms with E-state index in [0.29, 0.717) is 5.41 Å². The Morgan fingerprint density at radius 3 is 1.65 bits per heavy atom. The van der Waals surface area contributed by atoms with E-state index in [0.717, 1.165) is 5.92 Å². The first-order valence-electron chi connectivity index (χ1n) is 9.90. The summed E-state index contributed by atoms with van der Waals surface area (Å²) in [4.78, 5) is 0. The molecule has 0 heterocycles. The number of hydrogen-bond acceptors (Lipinski definition) is 0. The summed E-state index contributed by atoms with van der Waals surface area (Å²) in [7, 11) is 0. The van der Waals surface area contributed by atoms with E-state index < -0.39 is 0 Å². The van der Waals surface area contributed by atoms with Gasteiger partial charge in [-0.05, 0) is 59.9 Å². The van der Waals surface area contributed by atoms with Gasteiger partial charge in [-0.2, -0.15) is 0 Å². The summed E-state index contributed by atoms with van der Waals surface area (Å²) in [5, 5.41) is 2.75. The van der Waals surface area contributed by atoms with E-state index in [9.17, 15) is 0 Å². The highest BCUT2D eigenvalue weighted by atomic mass is 14.3. The van der Waals surface area contributed by atoms with Crippen LogP contribution in [0.3, 0.4) is 0 Å². The highest BCUT2D eigenvalue weighted by Crippen LogP contribution is 2.40. The maximum absolute atomic E-state index is 2.44. The van der Waals surface area contributed by atoms with E-state index >= 15 is 0 Å². The van der Waals surface area contributed by atoms with Crippen LogP contribution in [0, 0.1) is 25.2 Å². The van der Waals surface area contributed by atoms with E-state index in [1.165, 1.54) is 54.0 Å². The Kier molecular flexibility index (Phi) is 13.4. The van der Waals surface area contributed by atoms with Crippen molar-refractivity contribution in [3.8, 4) is 0 Å². The molecule has 1 fully saturated rings. The van der Waals surface area contributed by atoms with Gasteiger partial charge in [0.05, 0.1) is 0 Å². The molecule has 0 bridgehead atoms. The molecule has 3 rings (SSSR count). The van der Waals surface area contributed by atoms with Crippen molar-refractivity contribution in [2.75, 3.05) is 0 Å². The molecule has 0 heteroatoms. The van der Waals surface area contributed by atoms with Crippen molar-refractivity contribution >= 4 is 10.8 Å². The van der Waals surface area contributed by atoms with Gasteiger partial charge in [0, 0.05) is 0 Å². The molecule has 1 saturated carbocycles. The fourth-order valence-electron chi connectivity index (χ4n) is 3.56. The Morgan fingerprint density at radius 1 is 0.885 bits per heavy atom. The molecule has 0 aromatic heterocycles. The van der Waals surface area contributed by atoms with Gasteiger partial charge in [-0.15, -0.1) is 0 Å². The lowest BCUT2D eigenvalue weighted by Gasteiger charge is -2.35. The molecular formula is C26H46. The molecule has 0 spiro atoms. The first kappa shape index (κ1) is 26.9. The quantitative estimate of drug-likeness (QED) is 0.476. The van der Waals surface area contributed by atoms with E-state index in [-0.39, 0.29) is 14.9 Å². The van der Waals surface area contributed by atoms with E-state index in [4.69, 9.17) is 0 Å². The van der Waals surface area contributed by atoms with Crippen molar-refractivity contribution in [2.24, 2.45) is 11.3 Å². The predicted molar refractivity (Wildman–Crippen MR) is 124 cm³/mol. The van der Waals surface area contributed by atoms with Crippen LogP contribution in [0.5, 0.6) is 0 Å². The lowest BCUT2D eigenvalue weighted by molar-refractivity contribution is 0.172. The van der Waals surface area contributed by atoms with Crippen molar-refractivity contribution in [3.05, 3.63) is 47.5 Å². The minimum Gasteiger partial charge on any atom is -0.0776 e. The molecular weight excluding hydrogens is 312 g/mol. The summed E-state index contributed by atoms with van der Waals surface area (Å²) < 4.78 is 0. The Morgan fingerprint density at radius 2 is 1.31 bits per heavy atom. The van der Waals surface area contributed by atoms with Gasteiger partial charge in [-0.1, -0.05) is 105 Å².